The van der Waals surface area contributed by atoms with Gasteiger partial charge in [0.25, 0.3) is 0 Å². The van der Waals surface area contributed by atoms with Crippen LogP contribution in [0.3, 0.4) is 0 Å². The van der Waals surface area contributed by atoms with Gasteiger partial charge in [-0.2, -0.15) is 0 Å². The van der Waals surface area contributed by atoms with Crippen LogP contribution in [0.25, 0.3) is 0 Å². The molecule has 1 aromatic carbocycles. The molecule has 1 heteroatoms. The lowest BCUT2D eigenvalue weighted by Crippen LogP contribution is -2.48. The maximum atomic E-state index is 2.75. The highest BCUT2D eigenvalue weighted by molar-refractivity contribution is 5.20. The van der Waals surface area contributed by atoms with Crippen molar-refractivity contribution in [1.82, 2.24) is 4.90 Å². The number of hydrogen-bond acceptors (Lipinski definition) is 1. The maximum Gasteiger partial charge on any atom is 0.0287 e. The SMILES string of the molecule is CC(C)(C)CC1=CC2CCCC(C1)N2Cc1ccccc1. The topological polar surface area (TPSA) is 3.24 Å². The summed E-state index contributed by atoms with van der Waals surface area (Å²) < 4.78 is 0. The molecule has 0 N–H and O–H groups in total. The second-order valence-electron chi connectivity index (χ2n) is 8.08. The van der Waals surface area contributed by atoms with Crippen molar-refractivity contribution in [3.05, 3.63) is 47.5 Å². The van der Waals surface area contributed by atoms with Gasteiger partial charge in [-0.25, -0.2) is 0 Å². The third-order valence-electron chi connectivity index (χ3n) is 4.82. The van der Waals surface area contributed by atoms with E-state index < -0.39 is 0 Å². The molecule has 0 radical (unpaired) electrons. The number of fused-ring (bicyclic) bond motifs is 2. The Bertz CT molecular complexity index is 494. The van der Waals surface area contributed by atoms with E-state index in [0.29, 0.717) is 11.5 Å². The third kappa shape index (κ3) is 3.77. The standard InChI is InChI=1S/C20H29N/c1-20(2,3)14-17-12-18-10-7-11-19(13-17)21(18)15-16-8-5-4-6-9-16/h4-6,8-9,12,18-19H,7,10-11,13-15H2,1-3H3. The third-order valence-corrected chi connectivity index (χ3v) is 4.82. The zero-order valence-electron chi connectivity index (χ0n) is 13.8. The zero-order chi connectivity index (χ0) is 14.9. The molecule has 1 saturated heterocycles. The zero-order valence-corrected chi connectivity index (χ0v) is 13.8. The summed E-state index contributed by atoms with van der Waals surface area (Å²) in [5.41, 5.74) is 3.59. The van der Waals surface area contributed by atoms with E-state index in [0.717, 1.165) is 12.6 Å². The Morgan fingerprint density at radius 3 is 2.52 bits per heavy atom. The Labute approximate surface area is 130 Å². The van der Waals surface area contributed by atoms with Gasteiger partial charge in [-0.1, -0.05) is 69.2 Å². The van der Waals surface area contributed by atoms with Gasteiger partial charge < -0.3 is 0 Å². The van der Waals surface area contributed by atoms with Gasteiger partial charge in [-0.3, -0.25) is 4.90 Å². The maximum absolute atomic E-state index is 2.75. The fourth-order valence-electron chi connectivity index (χ4n) is 4.06. The first-order chi connectivity index (χ1) is 10.0. The van der Waals surface area contributed by atoms with Crippen molar-refractivity contribution < 1.29 is 0 Å². The Balaban J connectivity index is 1.75. The van der Waals surface area contributed by atoms with Crippen LogP contribution in [0.4, 0.5) is 0 Å². The number of hydrogen-bond donors (Lipinski definition) is 0. The quantitative estimate of drug-likeness (QED) is 0.691. The van der Waals surface area contributed by atoms with E-state index in [9.17, 15) is 0 Å². The van der Waals surface area contributed by atoms with Crippen molar-refractivity contribution in [3.63, 3.8) is 0 Å². The van der Waals surface area contributed by atoms with E-state index >= 15 is 0 Å². The first kappa shape index (κ1) is 14.8. The number of piperidine rings is 1. The summed E-state index contributed by atoms with van der Waals surface area (Å²) in [7, 11) is 0. The predicted octanol–water partition coefficient (Wildman–Crippen LogP) is 5.18. The van der Waals surface area contributed by atoms with Crippen LogP contribution in [0.2, 0.25) is 0 Å². The summed E-state index contributed by atoms with van der Waals surface area (Å²) in [4.78, 5) is 2.75. The van der Waals surface area contributed by atoms with Gasteiger partial charge in [0.05, 0.1) is 0 Å². The smallest absolute Gasteiger partial charge is 0.0287 e. The van der Waals surface area contributed by atoms with Crippen molar-refractivity contribution >= 4 is 0 Å². The molecular formula is C20H29N. The minimum Gasteiger partial charge on any atom is -0.289 e. The van der Waals surface area contributed by atoms with Gasteiger partial charge in [0.15, 0.2) is 0 Å². The summed E-state index contributed by atoms with van der Waals surface area (Å²) >= 11 is 0. The summed E-state index contributed by atoms with van der Waals surface area (Å²) in [5, 5.41) is 0. The highest BCUT2D eigenvalue weighted by Gasteiger charge is 2.34. The molecule has 2 unspecified atom stereocenters. The van der Waals surface area contributed by atoms with Crippen LogP contribution < -0.4 is 0 Å². The fourth-order valence-corrected chi connectivity index (χ4v) is 4.06. The van der Waals surface area contributed by atoms with Crippen LogP contribution in [0.1, 0.15) is 58.4 Å². The summed E-state index contributed by atoms with van der Waals surface area (Å²) in [6, 6.07) is 12.4. The van der Waals surface area contributed by atoms with Gasteiger partial charge in [0.2, 0.25) is 0 Å². The molecule has 2 heterocycles. The molecule has 1 fully saturated rings. The second-order valence-corrected chi connectivity index (χ2v) is 8.08. The Morgan fingerprint density at radius 2 is 1.86 bits per heavy atom. The van der Waals surface area contributed by atoms with Crippen molar-refractivity contribution in [1.29, 1.82) is 0 Å². The molecule has 2 bridgehead atoms. The second kappa shape index (κ2) is 5.96. The molecule has 21 heavy (non-hydrogen) atoms. The molecule has 114 valence electrons. The average Bonchev–Trinajstić information content (AvgIpc) is 2.39. The largest absolute Gasteiger partial charge is 0.289 e. The summed E-state index contributed by atoms with van der Waals surface area (Å²) in [6.07, 6.45) is 9.28. The number of rotatable bonds is 3. The van der Waals surface area contributed by atoms with Crippen LogP contribution >= 0.6 is 0 Å². The molecule has 3 rings (SSSR count). The molecule has 0 aromatic heterocycles. The minimum absolute atomic E-state index is 0.418. The van der Waals surface area contributed by atoms with Crippen molar-refractivity contribution in [3.8, 4) is 0 Å². The van der Waals surface area contributed by atoms with E-state index in [1.165, 1.54) is 37.7 Å². The highest BCUT2D eigenvalue weighted by atomic mass is 15.2. The van der Waals surface area contributed by atoms with Crippen LogP contribution in [0.15, 0.2) is 42.0 Å². The Hall–Kier alpha value is -1.08. The van der Waals surface area contributed by atoms with Crippen molar-refractivity contribution in [2.45, 2.75) is 71.5 Å². The monoisotopic (exact) mass is 283 g/mol. The van der Waals surface area contributed by atoms with Gasteiger partial charge in [-0.05, 0) is 36.7 Å². The van der Waals surface area contributed by atoms with E-state index in [2.05, 4.69) is 62.1 Å². The van der Waals surface area contributed by atoms with Gasteiger partial charge in [0.1, 0.15) is 0 Å². The molecule has 0 spiro atoms. The normalized spacial score (nSPS) is 26.5. The minimum atomic E-state index is 0.418. The summed E-state index contributed by atoms with van der Waals surface area (Å²) in [6.45, 7) is 8.20. The van der Waals surface area contributed by atoms with Crippen LogP contribution in [-0.4, -0.2) is 17.0 Å². The van der Waals surface area contributed by atoms with Crippen LogP contribution in [-0.2, 0) is 6.54 Å². The van der Waals surface area contributed by atoms with E-state index in [-0.39, 0.29) is 0 Å². The fraction of sp³-hybridized carbons (Fsp3) is 0.600. The first-order valence-corrected chi connectivity index (χ1v) is 8.50. The summed E-state index contributed by atoms with van der Waals surface area (Å²) in [5.74, 6) is 0. The number of benzene rings is 1. The molecule has 2 aliphatic rings. The molecule has 0 aliphatic carbocycles. The molecule has 1 nitrogen and oxygen atoms in total. The molecule has 2 atom stereocenters. The van der Waals surface area contributed by atoms with Gasteiger partial charge in [0, 0.05) is 18.6 Å². The Kier molecular flexibility index (Phi) is 4.21. The van der Waals surface area contributed by atoms with Crippen LogP contribution in [0, 0.1) is 5.41 Å². The highest BCUT2D eigenvalue weighted by Crippen LogP contribution is 2.38. The van der Waals surface area contributed by atoms with Crippen molar-refractivity contribution in [2.24, 2.45) is 5.41 Å². The van der Waals surface area contributed by atoms with E-state index in [4.69, 9.17) is 0 Å². The average molecular weight is 283 g/mol. The lowest BCUT2D eigenvalue weighted by atomic mass is 9.79. The van der Waals surface area contributed by atoms with E-state index in [1.54, 1.807) is 5.57 Å². The van der Waals surface area contributed by atoms with Crippen LogP contribution in [0.5, 0.6) is 0 Å². The molecular weight excluding hydrogens is 254 g/mol. The number of nitrogens with zero attached hydrogens (tertiary/aromatic N) is 1. The predicted molar refractivity (Wildman–Crippen MR) is 90.2 cm³/mol. The van der Waals surface area contributed by atoms with Gasteiger partial charge in [-0.15, -0.1) is 0 Å². The molecule has 0 amide bonds. The lowest BCUT2D eigenvalue weighted by molar-refractivity contribution is 0.0861. The van der Waals surface area contributed by atoms with E-state index in [1.807, 2.05) is 0 Å². The molecule has 0 saturated carbocycles. The van der Waals surface area contributed by atoms with Gasteiger partial charge >= 0.3 is 0 Å². The lowest BCUT2D eigenvalue weighted by Gasteiger charge is -2.46. The van der Waals surface area contributed by atoms with Crippen molar-refractivity contribution in [2.75, 3.05) is 0 Å². The Morgan fingerprint density at radius 1 is 1.10 bits per heavy atom. The molecule has 1 aromatic rings. The molecule has 2 aliphatic heterocycles. The first-order valence-electron chi connectivity index (χ1n) is 8.50.